The zero-order chi connectivity index (χ0) is 10.0. The van der Waals surface area contributed by atoms with Crippen molar-refractivity contribution in [2.45, 2.75) is 37.6 Å². The molecule has 1 saturated carbocycles. The summed E-state index contributed by atoms with van der Waals surface area (Å²) in [5.74, 6) is 0.515. The molecule has 0 bridgehead atoms. The molecule has 1 aliphatic heterocycles. The lowest BCUT2D eigenvalue weighted by molar-refractivity contribution is -0.0184. The molecule has 0 spiro atoms. The van der Waals surface area contributed by atoms with E-state index in [4.69, 9.17) is 0 Å². The lowest BCUT2D eigenvalue weighted by Crippen LogP contribution is -2.42. The van der Waals surface area contributed by atoms with Gasteiger partial charge in [-0.15, -0.1) is 0 Å². The van der Waals surface area contributed by atoms with Gasteiger partial charge in [-0.25, -0.2) is 8.78 Å². The number of hydrogen-bond acceptors (Lipinski definition) is 2. The smallest absolute Gasteiger partial charge is 0.263 e. The second-order valence-electron chi connectivity index (χ2n) is 4.34. The molecule has 0 amide bonds. The van der Waals surface area contributed by atoms with Gasteiger partial charge in [0.05, 0.1) is 6.04 Å². The summed E-state index contributed by atoms with van der Waals surface area (Å²) in [7, 11) is 0. The van der Waals surface area contributed by atoms with Crippen LogP contribution in [0.15, 0.2) is 0 Å². The number of hydrogen-bond donors (Lipinski definition) is 1. The second-order valence-corrected chi connectivity index (χ2v) is 5.49. The summed E-state index contributed by atoms with van der Waals surface area (Å²) in [4.78, 5) is 0. The van der Waals surface area contributed by atoms with Crippen molar-refractivity contribution < 1.29 is 8.78 Å². The van der Waals surface area contributed by atoms with Crippen LogP contribution in [0.4, 0.5) is 8.78 Å². The molecule has 2 aliphatic rings. The van der Waals surface area contributed by atoms with Crippen molar-refractivity contribution in [2.24, 2.45) is 5.92 Å². The lowest BCUT2D eigenvalue weighted by atomic mass is 10.1. The molecule has 1 N–H and O–H groups in total. The third kappa shape index (κ3) is 2.40. The summed E-state index contributed by atoms with van der Waals surface area (Å²) in [6.07, 6.45) is 2.58. The zero-order valence-corrected chi connectivity index (χ0v) is 9.09. The predicted octanol–water partition coefficient (Wildman–Crippen LogP) is 2.52. The summed E-state index contributed by atoms with van der Waals surface area (Å²) in [6, 6.07) is -0.548. The standard InChI is InChI=1S/C10H17F2NS/c11-10(12)4-1-2-9(10)13-6-8-3-5-14-7-8/h8-9,13H,1-7H2. The SMILES string of the molecule is FC1(F)CCCC1NCC1CCSC1. The molecule has 2 rings (SSSR count). The average molecular weight is 221 g/mol. The van der Waals surface area contributed by atoms with E-state index in [1.165, 1.54) is 12.2 Å². The molecule has 0 aromatic heterocycles. The highest BCUT2D eigenvalue weighted by atomic mass is 32.2. The molecule has 4 heteroatoms. The van der Waals surface area contributed by atoms with Crippen LogP contribution < -0.4 is 5.32 Å². The molecule has 0 aromatic carbocycles. The third-order valence-electron chi connectivity index (χ3n) is 3.19. The quantitative estimate of drug-likeness (QED) is 0.786. The Morgan fingerprint density at radius 2 is 2.21 bits per heavy atom. The Morgan fingerprint density at radius 1 is 1.36 bits per heavy atom. The van der Waals surface area contributed by atoms with Crippen LogP contribution in [-0.4, -0.2) is 30.0 Å². The number of alkyl halides is 2. The summed E-state index contributed by atoms with van der Waals surface area (Å²) in [6.45, 7) is 0.785. The van der Waals surface area contributed by atoms with Crippen molar-refractivity contribution in [1.82, 2.24) is 5.32 Å². The molecular weight excluding hydrogens is 204 g/mol. The van der Waals surface area contributed by atoms with Crippen molar-refractivity contribution in [3.05, 3.63) is 0 Å². The predicted molar refractivity (Wildman–Crippen MR) is 56.0 cm³/mol. The van der Waals surface area contributed by atoms with E-state index in [0.29, 0.717) is 18.8 Å². The van der Waals surface area contributed by atoms with E-state index in [-0.39, 0.29) is 6.42 Å². The number of thioether (sulfide) groups is 1. The first-order chi connectivity index (χ1) is 6.68. The molecular formula is C10H17F2NS. The van der Waals surface area contributed by atoms with E-state index in [2.05, 4.69) is 5.32 Å². The Kier molecular flexibility index (Phi) is 3.32. The highest BCUT2D eigenvalue weighted by Crippen LogP contribution is 2.35. The van der Waals surface area contributed by atoms with E-state index < -0.39 is 12.0 Å². The molecule has 2 unspecified atom stereocenters. The van der Waals surface area contributed by atoms with Crippen molar-refractivity contribution >= 4 is 11.8 Å². The summed E-state index contributed by atoms with van der Waals surface area (Å²) < 4.78 is 26.4. The van der Waals surface area contributed by atoms with Crippen LogP contribution >= 0.6 is 11.8 Å². The van der Waals surface area contributed by atoms with Gasteiger partial charge in [0.15, 0.2) is 0 Å². The third-order valence-corrected chi connectivity index (χ3v) is 4.42. The van der Waals surface area contributed by atoms with Gasteiger partial charge in [-0.3, -0.25) is 0 Å². The van der Waals surface area contributed by atoms with Gasteiger partial charge in [0, 0.05) is 6.42 Å². The van der Waals surface area contributed by atoms with Gasteiger partial charge in [0.2, 0.25) is 0 Å². The fourth-order valence-electron chi connectivity index (χ4n) is 2.23. The Morgan fingerprint density at radius 3 is 2.79 bits per heavy atom. The zero-order valence-electron chi connectivity index (χ0n) is 8.27. The Labute approximate surface area is 88.0 Å². The number of halogens is 2. The monoisotopic (exact) mass is 221 g/mol. The van der Waals surface area contributed by atoms with Crippen LogP contribution in [-0.2, 0) is 0 Å². The number of rotatable bonds is 3. The molecule has 1 saturated heterocycles. The van der Waals surface area contributed by atoms with Crippen LogP contribution in [0, 0.1) is 5.92 Å². The Bertz CT molecular complexity index is 193. The molecule has 2 fully saturated rings. The van der Waals surface area contributed by atoms with Crippen molar-refractivity contribution in [1.29, 1.82) is 0 Å². The van der Waals surface area contributed by atoms with Crippen molar-refractivity contribution in [2.75, 3.05) is 18.1 Å². The summed E-state index contributed by atoms with van der Waals surface area (Å²) in [5.41, 5.74) is 0. The maximum atomic E-state index is 13.2. The highest BCUT2D eigenvalue weighted by molar-refractivity contribution is 7.99. The second kappa shape index (κ2) is 4.35. The first-order valence-corrected chi connectivity index (χ1v) is 6.53. The number of nitrogens with one attached hydrogen (secondary N) is 1. The summed E-state index contributed by atoms with van der Waals surface area (Å²) >= 11 is 1.94. The van der Waals surface area contributed by atoms with Crippen LogP contribution in [0.25, 0.3) is 0 Å². The van der Waals surface area contributed by atoms with Gasteiger partial charge in [-0.1, -0.05) is 0 Å². The van der Waals surface area contributed by atoms with E-state index in [1.54, 1.807) is 0 Å². The average Bonchev–Trinajstić information content (AvgIpc) is 2.71. The van der Waals surface area contributed by atoms with Gasteiger partial charge < -0.3 is 5.32 Å². The van der Waals surface area contributed by atoms with Gasteiger partial charge in [-0.05, 0) is 43.2 Å². The Hall–Kier alpha value is 0.170. The lowest BCUT2D eigenvalue weighted by Gasteiger charge is -2.22. The fraction of sp³-hybridized carbons (Fsp3) is 1.00. The summed E-state index contributed by atoms with van der Waals surface area (Å²) in [5, 5.41) is 3.05. The van der Waals surface area contributed by atoms with E-state index in [1.807, 2.05) is 11.8 Å². The maximum absolute atomic E-state index is 13.2. The minimum absolute atomic E-state index is 0.0735. The van der Waals surface area contributed by atoms with Gasteiger partial charge in [0.1, 0.15) is 0 Å². The largest absolute Gasteiger partial charge is 0.308 e. The van der Waals surface area contributed by atoms with E-state index >= 15 is 0 Å². The first-order valence-electron chi connectivity index (χ1n) is 5.37. The van der Waals surface area contributed by atoms with Gasteiger partial charge >= 0.3 is 0 Å². The van der Waals surface area contributed by atoms with E-state index in [9.17, 15) is 8.78 Å². The van der Waals surface area contributed by atoms with Gasteiger partial charge in [0.25, 0.3) is 5.92 Å². The topological polar surface area (TPSA) is 12.0 Å². The molecule has 14 heavy (non-hydrogen) atoms. The molecule has 82 valence electrons. The minimum atomic E-state index is -2.45. The molecule has 0 aromatic rings. The molecule has 2 atom stereocenters. The highest BCUT2D eigenvalue weighted by Gasteiger charge is 2.43. The van der Waals surface area contributed by atoms with Crippen LogP contribution in [0.5, 0.6) is 0 Å². The molecule has 1 heterocycles. The van der Waals surface area contributed by atoms with Gasteiger partial charge in [-0.2, -0.15) is 11.8 Å². The van der Waals surface area contributed by atoms with Crippen molar-refractivity contribution in [3.8, 4) is 0 Å². The van der Waals surface area contributed by atoms with E-state index in [0.717, 1.165) is 12.3 Å². The normalized spacial score (nSPS) is 36.4. The fourth-order valence-corrected chi connectivity index (χ4v) is 3.52. The van der Waals surface area contributed by atoms with Crippen LogP contribution in [0.3, 0.4) is 0 Å². The molecule has 1 nitrogen and oxygen atoms in total. The minimum Gasteiger partial charge on any atom is -0.308 e. The van der Waals surface area contributed by atoms with Crippen molar-refractivity contribution in [3.63, 3.8) is 0 Å². The first kappa shape index (κ1) is 10.7. The Balaban J connectivity index is 1.74. The van der Waals surface area contributed by atoms with Crippen LogP contribution in [0.1, 0.15) is 25.7 Å². The van der Waals surface area contributed by atoms with Crippen LogP contribution in [0.2, 0.25) is 0 Å². The molecule has 0 radical (unpaired) electrons. The maximum Gasteiger partial charge on any atom is 0.263 e. The molecule has 1 aliphatic carbocycles.